The highest BCUT2D eigenvalue weighted by atomic mass is 35.5. The van der Waals surface area contributed by atoms with Crippen molar-refractivity contribution in [3.05, 3.63) is 153 Å². The van der Waals surface area contributed by atoms with E-state index in [4.69, 9.17) is 34.0 Å². The molecule has 2 amide bonds. The van der Waals surface area contributed by atoms with Gasteiger partial charge in [-0.2, -0.15) is 4.31 Å². The number of fused-ring (bicyclic) bond motifs is 2. The molecule has 4 aromatic carbocycles. The average Bonchev–Trinajstić information content (AvgIpc) is 3.32. The van der Waals surface area contributed by atoms with Crippen LogP contribution in [-0.2, 0) is 32.5 Å². The molecule has 0 saturated carbocycles. The predicted molar refractivity (Wildman–Crippen MR) is 265 cm³/mol. The summed E-state index contributed by atoms with van der Waals surface area (Å²) in [6.07, 6.45) is 4.07. The molecule has 17 heteroatoms. The molecule has 4 heterocycles. The molecule has 348 valence electrons. The van der Waals surface area contributed by atoms with Crippen molar-refractivity contribution in [2.24, 2.45) is 0 Å². The number of sulfonamides is 1. The monoisotopic (exact) mass is 952 g/mol. The summed E-state index contributed by atoms with van der Waals surface area (Å²) < 4.78 is 27.3. The maximum absolute atomic E-state index is 13.6. The van der Waals surface area contributed by atoms with Gasteiger partial charge in [-0.25, -0.2) is 8.42 Å². The Kier molecular flexibility index (Phi) is 16.2. The van der Waals surface area contributed by atoms with E-state index in [-0.39, 0.29) is 23.9 Å². The van der Waals surface area contributed by atoms with E-state index in [0.717, 1.165) is 38.2 Å². The summed E-state index contributed by atoms with van der Waals surface area (Å²) in [4.78, 5) is 35.2. The van der Waals surface area contributed by atoms with Crippen molar-refractivity contribution in [3.8, 4) is 0 Å². The summed E-state index contributed by atoms with van der Waals surface area (Å²) in [6.45, 7) is 9.42. The van der Waals surface area contributed by atoms with E-state index in [0.29, 0.717) is 89.9 Å². The highest BCUT2D eigenvalue weighted by molar-refractivity contribution is 7.89. The van der Waals surface area contributed by atoms with Gasteiger partial charge in [-0.15, -0.1) is 0 Å². The molecule has 2 unspecified atom stereocenters. The first-order valence-corrected chi connectivity index (χ1v) is 24.6. The van der Waals surface area contributed by atoms with Crippen LogP contribution in [0, 0.1) is 10.8 Å². The fourth-order valence-corrected chi connectivity index (χ4v) is 10.6. The Morgan fingerprint density at radius 2 is 1.17 bits per heavy atom. The van der Waals surface area contributed by atoms with Gasteiger partial charge in [0.1, 0.15) is 11.4 Å². The van der Waals surface area contributed by atoms with E-state index in [2.05, 4.69) is 37.9 Å². The summed E-state index contributed by atoms with van der Waals surface area (Å²) in [5.41, 5.74) is 5.74. The Balaban J connectivity index is 0.000000199. The number of halogens is 2. The highest BCUT2D eigenvalue weighted by Crippen LogP contribution is 2.31. The van der Waals surface area contributed by atoms with Crippen LogP contribution in [0.1, 0.15) is 25.0 Å². The fourth-order valence-electron chi connectivity index (χ4n) is 8.92. The van der Waals surface area contributed by atoms with Gasteiger partial charge in [0, 0.05) is 99.3 Å². The first-order valence-electron chi connectivity index (χ1n) is 22.3. The van der Waals surface area contributed by atoms with Crippen molar-refractivity contribution in [1.82, 2.24) is 29.2 Å². The second kappa shape index (κ2) is 22.2. The van der Waals surface area contributed by atoms with Crippen molar-refractivity contribution in [2.75, 3.05) is 76.1 Å². The zero-order valence-corrected chi connectivity index (χ0v) is 39.6. The molecule has 8 rings (SSSR count). The van der Waals surface area contributed by atoms with Crippen molar-refractivity contribution in [3.63, 3.8) is 0 Å². The van der Waals surface area contributed by atoms with E-state index in [1.54, 1.807) is 54.6 Å². The van der Waals surface area contributed by atoms with Gasteiger partial charge in [-0.05, 0) is 74.2 Å². The SMILES string of the molecule is CC(C)S(=O)(=O)N1CCN2C(C=N)=C(C(=O)Nc3cccc(Cl)c3)N(CCc3ccccc3)CC2C1.N=CC1=C(C(=O)Nc2cccc(Cl)c2)N(CCc2ccccc2)CC2CNCCN12. The first kappa shape index (κ1) is 48.2. The second-order valence-corrected chi connectivity index (χ2v) is 20.3. The second-order valence-electron chi connectivity index (χ2n) is 16.9. The van der Waals surface area contributed by atoms with Crippen LogP contribution in [0.15, 0.2) is 132 Å². The average molecular weight is 954 g/mol. The number of nitrogens with one attached hydrogen (secondary N) is 5. The molecular weight excluding hydrogens is 896 g/mol. The molecule has 14 nitrogen and oxygen atoms in total. The van der Waals surface area contributed by atoms with Crippen LogP contribution >= 0.6 is 23.2 Å². The van der Waals surface area contributed by atoms with Gasteiger partial charge in [0.2, 0.25) is 10.0 Å². The van der Waals surface area contributed by atoms with Crippen molar-refractivity contribution >= 4 is 68.8 Å². The third-order valence-electron chi connectivity index (χ3n) is 12.2. The van der Waals surface area contributed by atoms with Gasteiger partial charge in [0.15, 0.2) is 0 Å². The minimum absolute atomic E-state index is 0.164. The van der Waals surface area contributed by atoms with Crippen molar-refractivity contribution in [1.29, 1.82) is 10.8 Å². The van der Waals surface area contributed by atoms with Gasteiger partial charge in [0.25, 0.3) is 11.8 Å². The Labute approximate surface area is 398 Å². The third kappa shape index (κ3) is 11.6. The number of piperazine rings is 2. The number of nitrogens with zero attached hydrogens (tertiary/aromatic N) is 5. The highest BCUT2D eigenvalue weighted by Gasteiger charge is 2.42. The topological polar surface area (TPSA) is 168 Å². The summed E-state index contributed by atoms with van der Waals surface area (Å²) in [7, 11) is -3.40. The molecule has 4 aliphatic heterocycles. The minimum atomic E-state index is -3.40. The van der Waals surface area contributed by atoms with Gasteiger partial charge in [-0.1, -0.05) is 96.0 Å². The molecule has 0 bridgehead atoms. The molecule has 2 fully saturated rings. The van der Waals surface area contributed by atoms with E-state index in [1.807, 2.05) is 70.5 Å². The van der Waals surface area contributed by atoms with Crippen LogP contribution in [0.4, 0.5) is 11.4 Å². The smallest absolute Gasteiger partial charge is 0.274 e. The Hall–Kier alpha value is -5.71. The maximum atomic E-state index is 13.6. The Morgan fingerprint density at radius 1 is 0.682 bits per heavy atom. The predicted octanol–water partition coefficient (Wildman–Crippen LogP) is 6.39. The quantitative estimate of drug-likeness (QED) is 0.0900. The molecule has 4 aromatic rings. The lowest BCUT2D eigenvalue weighted by Crippen LogP contribution is -2.62. The summed E-state index contributed by atoms with van der Waals surface area (Å²) in [5, 5.41) is 26.2. The number of hydrogen-bond acceptors (Lipinski definition) is 11. The Bertz CT molecular complexity index is 2540. The lowest BCUT2D eigenvalue weighted by Gasteiger charge is -2.49. The molecule has 0 aliphatic carbocycles. The van der Waals surface area contributed by atoms with E-state index in [1.165, 1.54) is 18.0 Å². The molecule has 5 N–H and O–H groups in total. The van der Waals surface area contributed by atoms with Gasteiger partial charge >= 0.3 is 0 Å². The number of carbonyl (C=O) groups is 2. The van der Waals surface area contributed by atoms with Crippen LogP contribution in [0.3, 0.4) is 0 Å². The van der Waals surface area contributed by atoms with Crippen LogP contribution in [0.5, 0.6) is 0 Å². The number of benzene rings is 4. The minimum Gasteiger partial charge on any atom is -0.363 e. The molecule has 0 radical (unpaired) electrons. The maximum Gasteiger partial charge on any atom is 0.274 e. The number of amides is 2. The van der Waals surface area contributed by atoms with Crippen LogP contribution < -0.4 is 16.0 Å². The molecule has 0 aromatic heterocycles. The molecule has 4 aliphatic rings. The number of hydrogen-bond donors (Lipinski definition) is 5. The summed E-state index contributed by atoms with van der Waals surface area (Å²) >= 11 is 12.2. The first-order chi connectivity index (χ1) is 31.9. The van der Waals surface area contributed by atoms with Crippen LogP contribution in [0.25, 0.3) is 0 Å². The van der Waals surface area contributed by atoms with Gasteiger partial charge in [-0.3, -0.25) is 9.59 Å². The Morgan fingerprint density at radius 3 is 1.64 bits per heavy atom. The number of allylic oxidation sites excluding steroid dienone is 2. The van der Waals surface area contributed by atoms with Crippen molar-refractivity contribution in [2.45, 2.75) is 44.0 Å². The van der Waals surface area contributed by atoms with Crippen molar-refractivity contribution < 1.29 is 18.0 Å². The fraction of sp³-hybridized carbons (Fsp3) is 0.347. The number of carbonyl (C=O) groups excluding carboxylic acids is 2. The van der Waals surface area contributed by atoms with Gasteiger partial charge < -0.3 is 46.4 Å². The zero-order chi connectivity index (χ0) is 46.8. The molecule has 66 heavy (non-hydrogen) atoms. The normalized spacial score (nSPS) is 18.8. The van der Waals surface area contributed by atoms with Crippen LogP contribution in [-0.4, -0.2) is 139 Å². The third-order valence-corrected chi connectivity index (χ3v) is 15.0. The molecule has 2 saturated heterocycles. The number of anilines is 2. The molecule has 2 atom stereocenters. The lowest BCUT2D eigenvalue weighted by molar-refractivity contribution is -0.115. The zero-order valence-electron chi connectivity index (χ0n) is 37.3. The lowest BCUT2D eigenvalue weighted by atomic mass is 10.0. The largest absolute Gasteiger partial charge is 0.363 e. The summed E-state index contributed by atoms with van der Waals surface area (Å²) in [5.74, 6) is -0.527. The van der Waals surface area contributed by atoms with Crippen LogP contribution in [0.2, 0.25) is 10.0 Å². The number of rotatable bonds is 14. The molecule has 0 spiro atoms. The standard InChI is InChI=1S/C26H32ClN5O3S.C23H26ClN5O/c1-19(2)36(34,35)31-13-14-32-23(18-31)17-30(12-11-20-7-4-3-5-8-20)25(24(32)16-28)26(33)29-22-10-6-9-21(27)15-22;24-18-7-4-8-19(13-18)27-23(30)22-21(14-25)29-12-10-26-15-20(29)16-28(22)11-9-17-5-2-1-3-6-17/h3-10,15-16,19,23,28H,11-14,17-18H2,1-2H3,(H,29,33);1-8,13-14,20,25-26H,9-12,15-16H2,(H,27,30). The van der Waals surface area contributed by atoms with E-state index in [9.17, 15) is 18.0 Å². The van der Waals surface area contributed by atoms with Gasteiger partial charge in [0.05, 0.1) is 28.7 Å². The summed E-state index contributed by atoms with van der Waals surface area (Å²) in [6, 6.07) is 34.5. The van der Waals surface area contributed by atoms with E-state index < -0.39 is 15.3 Å². The van der Waals surface area contributed by atoms with E-state index >= 15 is 0 Å². The molecular formula is C49H58Cl2N10O4S.